The molecule has 0 aromatic rings. The summed E-state index contributed by atoms with van der Waals surface area (Å²) in [4.78, 5) is 25.0. The van der Waals surface area contributed by atoms with Gasteiger partial charge in [0.2, 0.25) is 11.8 Å². The topological polar surface area (TPSA) is 61.4 Å². The highest BCUT2D eigenvalue weighted by atomic mass is 16.2. The number of amides is 2. The van der Waals surface area contributed by atoms with Gasteiger partial charge in [0.1, 0.15) is 0 Å². The zero-order valence-electron chi connectivity index (χ0n) is 12.4. The largest absolute Gasteiger partial charge is 0.347 e. The van der Waals surface area contributed by atoms with E-state index in [0.717, 1.165) is 13.1 Å². The molecule has 1 aliphatic heterocycles. The van der Waals surface area contributed by atoms with E-state index in [4.69, 9.17) is 0 Å². The number of likely N-dealkylation sites (N-methyl/N-ethyl adjacent to an activating group) is 1. The van der Waals surface area contributed by atoms with Crippen LogP contribution in [0.25, 0.3) is 0 Å². The average molecular weight is 269 g/mol. The second-order valence-corrected chi connectivity index (χ2v) is 5.47. The van der Waals surface area contributed by atoms with Crippen LogP contribution < -0.4 is 10.6 Å². The van der Waals surface area contributed by atoms with E-state index in [2.05, 4.69) is 17.6 Å². The standard InChI is InChI=1S/C14H27N3O2/c1-4-17(3)14(19)10-16-13(18)8-11(2)12-6-5-7-15-9-12/h11-12,15H,4-10H2,1-3H3,(H,16,18). The van der Waals surface area contributed by atoms with Gasteiger partial charge in [-0.15, -0.1) is 0 Å². The molecule has 0 radical (unpaired) electrons. The third kappa shape index (κ3) is 5.59. The Morgan fingerprint density at radius 3 is 2.79 bits per heavy atom. The maximum Gasteiger partial charge on any atom is 0.241 e. The first kappa shape index (κ1) is 16.0. The van der Waals surface area contributed by atoms with Crippen LogP contribution in [0.2, 0.25) is 0 Å². The van der Waals surface area contributed by atoms with Crippen molar-refractivity contribution in [3.8, 4) is 0 Å². The molecule has 2 N–H and O–H groups in total. The van der Waals surface area contributed by atoms with Crippen LogP contribution in [-0.2, 0) is 9.59 Å². The van der Waals surface area contributed by atoms with Crippen molar-refractivity contribution in [2.24, 2.45) is 11.8 Å². The maximum absolute atomic E-state index is 11.8. The van der Waals surface area contributed by atoms with E-state index in [-0.39, 0.29) is 18.4 Å². The van der Waals surface area contributed by atoms with Crippen molar-refractivity contribution in [1.29, 1.82) is 0 Å². The Balaban J connectivity index is 2.24. The molecular weight excluding hydrogens is 242 g/mol. The molecule has 2 amide bonds. The van der Waals surface area contributed by atoms with Crippen molar-refractivity contribution < 1.29 is 9.59 Å². The molecule has 0 aromatic heterocycles. The van der Waals surface area contributed by atoms with E-state index in [9.17, 15) is 9.59 Å². The molecule has 1 rings (SSSR count). The Hall–Kier alpha value is -1.10. The van der Waals surface area contributed by atoms with E-state index in [1.54, 1.807) is 11.9 Å². The van der Waals surface area contributed by atoms with Gasteiger partial charge in [-0.1, -0.05) is 6.92 Å². The SMILES string of the molecule is CCN(C)C(=O)CNC(=O)CC(C)C1CCCNC1. The highest BCUT2D eigenvalue weighted by Gasteiger charge is 2.22. The fraction of sp³-hybridized carbons (Fsp3) is 0.857. The predicted octanol–water partition coefficient (Wildman–Crippen LogP) is 0.607. The molecule has 2 unspecified atom stereocenters. The van der Waals surface area contributed by atoms with E-state index in [1.165, 1.54) is 12.8 Å². The van der Waals surface area contributed by atoms with Crippen LogP contribution in [0.1, 0.15) is 33.1 Å². The molecule has 0 bridgehead atoms. The number of carbonyl (C=O) groups excluding carboxylic acids is 2. The second kappa shape index (κ2) is 8.15. The Kier molecular flexibility index (Phi) is 6.84. The quantitative estimate of drug-likeness (QED) is 0.742. The maximum atomic E-state index is 11.8. The van der Waals surface area contributed by atoms with Crippen LogP contribution in [-0.4, -0.2) is 49.9 Å². The fourth-order valence-electron chi connectivity index (χ4n) is 2.38. The molecule has 5 nitrogen and oxygen atoms in total. The number of nitrogens with zero attached hydrogens (tertiary/aromatic N) is 1. The molecule has 1 aliphatic rings. The van der Waals surface area contributed by atoms with Gasteiger partial charge in [-0.3, -0.25) is 9.59 Å². The smallest absolute Gasteiger partial charge is 0.241 e. The van der Waals surface area contributed by atoms with Gasteiger partial charge in [-0.05, 0) is 44.7 Å². The summed E-state index contributed by atoms with van der Waals surface area (Å²) in [5.41, 5.74) is 0. The lowest BCUT2D eigenvalue weighted by molar-refractivity contribution is -0.132. The number of rotatable bonds is 6. The Labute approximate surface area is 116 Å². The third-order valence-electron chi connectivity index (χ3n) is 3.98. The molecule has 0 aliphatic carbocycles. The molecule has 19 heavy (non-hydrogen) atoms. The molecule has 1 saturated heterocycles. The molecule has 110 valence electrons. The highest BCUT2D eigenvalue weighted by Crippen LogP contribution is 2.22. The van der Waals surface area contributed by atoms with Gasteiger partial charge >= 0.3 is 0 Å². The second-order valence-electron chi connectivity index (χ2n) is 5.47. The van der Waals surface area contributed by atoms with Crippen molar-refractivity contribution in [1.82, 2.24) is 15.5 Å². The first-order valence-electron chi connectivity index (χ1n) is 7.26. The first-order valence-corrected chi connectivity index (χ1v) is 7.26. The van der Waals surface area contributed by atoms with Gasteiger partial charge < -0.3 is 15.5 Å². The summed E-state index contributed by atoms with van der Waals surface area (Å²) < 4.78 is 0. The number of carbonyl (C=O) groups is 2. The zero-order chi connectivity index (χ0) is 14.3. The molecule has 1 heterocycles. The lowest BCUT2D eigenvalue weighted by Crippen LogP contribution is -2.39. The van der Waals surface area contributed by atoms with Crippen LogP contribution in [0.4, 0.5) is 0 Å². The number of nitrogens with one attached hydrogen (secondary N) is 2. The summed E-state index contributed by atoms with van der Waals surface area (Å²) in [5.74, 6) is 0.888. The minimum Gasteiger partial charge on any atom is -0.347 e. The Bertz CT molecular complexity index is 301. The average Bonchev–Trinajstić information content (AvgIpc) is 2.44. The molecule has 0 aromatic carbocycles. The van der Waals surface area contributed by atoms with E-state index < -0.39 is 0 Å². The molecule has 5 heteroatoms. The van der Waals surface area contributed by atoms with Crippen molar-refractivity contribution in [2.45, 2.75) is 33.1 Å². The zero-order valence-corrected chi connectivity index (χ0v) is 12.4. The lowest BCUT2D eigenvalue weighted by Gasteiger charge is -2.28. The van der Waals surface area contributed by atoms with Crippen LogP contribution in [0.15, 0.2) is 0 Å². The van der Waals surface area contributed by atoms with E-state index >= 15 is 0 Å². The summed E-state index contributed by atoms with van der Waals surface area (Å²) in [6, 6.07) is 0. The van der Waals surface area contributed by atoms with Crippen LogP contribution in [0, 0.1) is 11.8 Å². The molecular formula is C14H27N3O2. The normalized spacial score (nSPS) is 20.7. The van der Waals surface area contributed by atoms with Crippen molar-refractivity contribution in [2.75, 3.05) is 33.2 Å². The predicted molar refractivity (Wildman–Crippen MR) is 75.7 cm³/mol. The summed E-state index contributed by atoms with van der Waals surface area (Å²) in [7, 11) is 1.74. The van der Waals surface area contributed by atoms with Crippen LogP contribution >= 0.6 is 0 Å². The van der Waals surface area contributed by atoms with E-state index in [1.807, 2.05) is 6.92 Å². The van der Waals surface area contributed by atoms with Gasteiger partial charge in [-0.25, -0.2) is 0 Å². The minimum absolute atomic E-state index is 0.0177. The third-order valence-corrected chi connectivity index (χ3v) is 3.98. The van der Waals surface area contributed by atoms with Gasteiger partial charge in [0.15, 0.2) is 0 Å². The molecule has 1 fully saturated rings. The summed E-state index contributed by atoms with van der Waals surface area (Å²) >= 11 is 0. The van der Waals surface area contributed by atoms with Crippen molar-refractivity contribution in [3.05, 3.63) is 0 Å². The van der Waals surface area contributed by atoms with Crippen LogP contribution in [0.5, 0.6) is 0 Å². The van der Waals surface area contributed by atoms with Crippen molar-refractivity contribution >= 4 is 11.8 Å². The van der Waals surface area contributed by atoms with E-state index in [0.29, 0.717) is 24.8 Å². The summed E-state index contributed by atoms with van der Waals surface area (Å²) in [6.07, 6.45) is 2.89. The van der Waals surface area contributed by atoms with Crippen LogP contribution in [0.3, 0.4) is 0 Å². The summed E-state index contributed by atoms with van der Waals surface area (Å²) in [6.45, 7) is 6.91. The molecule has 0 spiro atoms. The number of piperidine rings is 1. The van der Waals surface area contributed by atoms with Gasteiger partial charge in [0.05, 0.1) is 6.54 Å². The highest BCUT2D eigenvalue weighted by molar-refractivity contribution is 5.84. The number of hydrogen-bond donors (Lipinski definition) is 2. The molecule has 0 saturated carbocycles. The van der Waals surface area contributed by atoms with Gasteiger partial charge in [0, 0.05) is 20.0 Å². The lowest BCUT2D eigenvalue weighted by atomic mass is 9.85. The summed E-state index contributed by atoms with van der Waals surface area (Å²) in [5, 5.41) is 6.09. The van der Waals surface area contributed by atoms with Gasteiger partial charge in [-0.2, -0.15) is 0 Å². The molecule has 2 atom stereocenters. The Morgan fingerprint density at radius 2 is 2.21 bits per heavy atom. The first-order chi connectivity index (χ1) is 9.04. The Morgan fingerprint density at radius 1 is 1.47 bits per heavy atom. The fourth-order valence-corrected chi connectivity index (χ4v) is 2.38. The number of hydrogen-bond acceptors (Lipinski definition) is 3. The van der Waals surface area contributed by atoms with Gasteiger partial charge in [0.25, 0.3) is 0 Å². The van der Waals surface area contributed by atoms with Crippen molar-refractivity contribution in [3.63, 3.8) is 0 Å². The minimum atomic E-state index is -0.0390. The monoisotopic (exact) mass is 269 g/mol.